The van der Waals surface area contributed by atoms with Crippen LogP contribution >= 0.6 is 0 Å². The number of quaternary nitrogens is 1. The smallest absolute Gasteiger partial charge is 0.341 e. The second-order valence-electron chi connectivity index (χ2n) is 16.9. The van der Waals surface area contributed by atoms with Gasteiger partial charge in [-0.15, -0.1) is 0 Å². The molecule has 288 valence electrons. The van der Waals surface area contributed by atoms with E-state index in [1.165, 1.54) is 11.0 Å². The van der Waals surface area contributed by atoms with Crippen LogP contribution in [0.25, 0.3) is 22.2 Å². The highest BCUT2D eigenvalue weighted by Gasteiger charge is 2.69. The molecule has 56 heavy (non-hydrogen) atoms. The van der Waals surface area contributed by atoms with Crippen LogP contribution in [0.5, 0.6) is 11.5 Å². The van der Waals surface area contributed by atoms with E-state index in [2.05, 4.69) is 21.2 Å². The Morgan fingerprint density at radius 3 is 2.61 bits per heavy atom. The summed E-state index contributed by atoms with van der Waals surface area (Å²) in [7, 11) is 0. The van der Waals surface area contributed by atoms with Gasteiger partial charge in [0.05, 0.1) is 23.1 Å². The number of rotatable bonds is 6. The maximum absolute atomic E-state index is 14.5. The first-order valence-corrected chi connectivity index (χ1v) is 19.6. The van der Waals surface area contributed by atoms with Gasteiger partial charge in [0.15, 0.2) is 11.0 Å². The van der Waals surface area contributed by atoms with Crippen LogP contribution in [-0.2, 0) is 27.2 Å². The molecular weight excluding hydrogens is 713 g/mol. The second kappa shape index (κ2) is 12.5. The number of nitrogens with zero attached hydrogens (tertiary/aromatic N) is 3. The molecule has 2 bridgehead atoms. The number of aryl methyl sites for hydroxylation is 2. The van der Waals surface area contributed by atoms with Crippen molar-refractivity contribution in [2.75, 3.05) is 18.0 Å². The lowest BCUT2D eigenvalue weighted by Crippen LogP contribution is -3.05. The molecule has 6 N–H and O–H groups in total. The van der Waals surface area contributed by atoms with Crippen molar-refractivity contribution in [2.45, 2.75) is 95.2 Å². The van der Waals surface area contributed by atoms with Gasteiger partial charge in [-0.3, -0.25) is 14.7 Å². The van der Waals surface area contributed by atoms with Crippen molar-refractivity contribution in [1.82, 2.24) is 9.97 Å². The molecule has 1 aromatic carbocycles. The Kier molecular flexibility index (Phi) is 7.79. The van der Waals surface area contributed by atoms with Gasteiger partial charge in [-0.05, 0) is 101 Å². The normalized spacial score (nSPS) is 29.4. The van der Waals surface area contributed by atoms with Gasteiger partial charge in [0, 0.05) is 41.3 Å². The van der Waals surface area contributed by atoms with Crippen molar-refractivity contribution < 1.29 is 33.4 Å². The van der Waals surface area contributed by atoms with E-state index >= 15 is 0 Å². The lowest BCUT2D eigenvalue weighted by atomic mass is 9.66. The number of nitrogens with two attached hydrogens (primary N) is 2. The third kappa shape index (κ3) is 5.62. The van der Waals surface area contributed by atoms with Gasteiger partial charge in [-0.1, -0.05) is 0 Å². The number of nitrogen functional groups attached to an aromatic ring is 2. The first kappa shape index (κ1) is 34.9. The molecule has 0 radical (unpaired) electrons. The molecule has 1 aliphatic carbocycles. The molecule has 13 heteroatoms. The summed E-state index contributed by atoms with van der Waals surface area (Å²) in [6, 6.07) is 10.8. The van der Waals surface area contributed by atoms with Crippen molar-refractivity contribution in [3.05, 3.63) is 93.3 Å². The molecule has 3 saturated heterocycles. The number of epoxide rings is 1. The fourth-order valence-corrected chi connectivity index (χ4v) is 10.3. The summed E-state index contributed by atoms with van der Waals surface area (Å²) < 4.78 is 25.4. The minimum absolute atomic E-state index is 0.00698. The number of hydrogen-bond acceptors (Lipinski definition) is 12. The van der Waals surface area contributed by atoms with Crippen molar-refractivity contribution in [2.24, 2.45) is 16.8 Å². The summed E-state index contributed by atoms with van der Waals surface area (Å²) in [5.41, 5.74) is 16.7. The van der Waals surface area contributed by atoms with Crippen LogP contribution in [0.1, 0.15) is 74.5 Å². The Morgan fingerprint density at radius 1 is 1.00 bits per heavy atom. The molecule has 1 unspecified atom stereocenters. The Bertz CT molecular complexity index is 2500. The average molecular weight is 758 g/mol. The zero-order valence-corrected chi connectivity index (χ0v) is 31.6. The van der Waals surface area contributed by atoms with E-state index in [0.717, 1.165) is 60.3 Å². The maximum Gasteiger partial charge on any atom is 0.341 e. The average Bonchev–Trinajstić information content (AvgIpc) is 3.48. The van der Waals surface area contributed by atoms with E-state index in [9.17, 15) is 14.7 Å². The van der Waals surface area contributed by atoms with Crippen LogP contribution < -0.4 is 26.5 Å². The molecule has 11 rings (SSSR count). The van der Waals surface area contributed by atoms with Crippen LogP contribution in [0.2, 0.25) is 0 Å². The second-order valence-corrected chi connectivity index (χ2v) is 16.9. The quantitative estimate of drug-likeness (QED) is 0.161. The molecule has 1 saturated carbocycles. The maximum atomic E-state index is 14.5. The van der Waals surface area contributed by atoms with Crippen LogP contribution in [0.4, 0.5) is 11.6 Å². The first-order valence-electron chi connectivity index (χ1n) is 19.6. The van der Waals surface area contributed by atoms with E-state index in [0.29, 0.717) is 53.8 Å². The number of esters is 1. The number of allylic oxidation sites excluding steroid dienone is 1. The number of phenolic OH excluding ortho intramolecular Hbond substituents is 1. The number of carbonyl (C=O) groups is 1. The zero-order chi connectivity index (χ0) is 38.7. The molecule has 6 aliphatic heterocycles. The number of aliphatic imine (C=N–C) groups is 1. The van der Waals surface area contributed by atoms with E-state index in [4.69, 9.17) is 30.1 Å². The predicted molar refractivity (Wildman–Crippen MR) is 208 cm³/mol. The summed E-state index contributed by atoms with van der Waals surface area (Å²) in [5.74, 6) is 0.857. The largest absolute Gasteiger partial charge is 0.507 e. The lowest BCUT2D eigenvalue weighted by Gasteiger charge is -2.47. The predicted octanol–water partition coefficient (Wildman–Crippen LogP) is 4.44. The number of nitrogens with one attached hydrogen (secondary N) is 1. The summed E-state index contributed by atoms with van der Waals surface area (Å²) in [6.07, 6.45) is 9.38. The third-order valence-electron chi connectivity index (χ3n) is 12.8. The van der Waals surface area contributed by atoms with Crippen molar-refractivity contribution in [3.8, 4) is 22.8 Å². The van der Waals surface area contributed by atoms with Crippen LogP contribution in [-0.4, -0.2) is 56.7 Å². The number of hydrogen-bond donors (Lipinski definition) is 4. The van der Waals surface area contributed by atoms with Gasteiger partial charge < -0.3 is 35.2 Å². The highest BCUT2D eigenvalue weighted by atomic mass is 16.7. The van der Waals surface area contributed by atoms with Gasteiger partial charge in [0.25, 0.3) is 0 Å². The number of carbonyl (C=O) groups excluding carboxylic acids is 1. The van der Waals surface area contributed by atoms with Gasteiger partial charge in [-0.2, -0.15) is 0 Å². The molecule has 5 atom stereocenters. The van der Waals surface area contributed by atoms with Crippen LogP contribution in [0.15, 0.2) is 74.7 Å². The number of phenols is 1. The Hall–Kier alpha value is -5.53. The highest BCUT2D eigenvalue weighted by Crippen LogP contribution is 2.60. The minimum Gasteiger partial charge on any atom is -0.507 e. The molecule has 4 fully saturated rings. The summed E-state index contributed by atoms with van der Waals surface area (Å²) in [6.45, 7) is 6.98. The van der Waals surface area contributed by atoms with Crippen LogP contribution in [0.3, 0.4) is 0 Å². The van der Waals surface area contributed by atoms with Crippen molar-refractivity contribution in [3.63, 3.8) is 0 Å². The molecule has 9 heterocycles. The molecular formula is C43H45N6O7+. The fourth-order valence-electron chi connectivity index (χ4n) is 10.3. The number of ether oxygens (including phenoxy) is 3. The summed E-state index contributed by atoms with van der Waals surface area (Å²) in [4.78, 5) is 42.6. The van der Waals surface area contributed by atoms with Crippen LogP contribution in [0, 0.1) is 18.8 Å². The molecule has 4 aromatic rings. The zero-order valence-electron chi connectivity index (χ0n) is 31.6. The third-order valence-corrected chi connectivity index (χ3v) is 12.8. The lowest BCUT2D eigenvalue weighted by molar-refractivity contribution is -0.848. The molecule has 0 amide bonds. The van der Waals surface area contributed by atoms with Gasteiger partial charge >= 0.3 is 5.97 Å². The molecule has 1 spiro atoms. The number of aromatic hydroxyl groups is 1. The topological polar surface area (TPSA) is 193 Å². The Balaban J connectivity index is 0.899. The van der Waals surface area contributed by atoms with Gasteiger partial charge in [0.1, 0.15) is 76.6 Å². The summed E-state index contributed by atoms with van der Waals surface area (Å²) >= 11 is 0. The number of benzene rings is 1. The highest BCUT2D eigenvalue weighted by molar-refractivity contribution is 6.06. The monoisotopic (exact) mass is 757 g/mol. The Labute approximate surface area is 323 Å². The minimum atomic E-state index is -1.07. The number of pyridine rings is 2. The SMILES string of the molecule is Cc1cc(=O)c2c(O)c3c(cc2o1)OC(C)(C)[C@@H]1OC(=O)[C@]2(O[C@@H]2CCc2cc(N)nc(-c4cc(N)nc(C[NH+]5C=C6C=CN=C6C5)c4)c2)C2CCC(CC2)[C@H]31. The standard InChI is InChI=1S/C43H44N6O7/c1-21-12-30(50)37-31(53-21)17-32-38(39(37)51)36-23-5-7-26(8-6-23)43(41(52)54-40(36)42(2,3)55-32)33(56-43)9-4-22-13-28(48-34(44)14-22)25-15-27(47-35(45)16-25)19-49-18-24-10-11-46-29(24)20-49/h10-18,23,26,33,36,40,51H,4-9,19-20H2,1-3H3,(H2,44,48)(H2,45,47)/p+1/t23?,26?,33-,36-,40-,43+/m1/s1. The number of anilines is 2. The van der Waals surface area contributed by atoms with E-state index in [-0.39, 0.29) is 46.0 Å². The molecule has 13 nitrogen and oxygen atoms in total. The van der Waals surface area contributed by atoms with E-state index in [1.54, 1.807) is 13.0 Å². The van der Waals surface area contributed by atoms with Gasteiger partial charge in [0.2, 0.25) is 0 Å². The van der Waals surface area contributed by atoms with Crippen molar-refractivity contribution >= 4 is 34.3 Å². The fraction of sp³-hybridized carbons (Fsp3) is 0.419. The molecule has 3 aromatic heterocycles. The first-order chi connectivity index (χ1) is 26.9. The number of fused-ring (bicyclic) bond motifs is 6. The van der Waals surface area contributed by atoms with E-state index in [1.807, 2.05) is 50.4 Å². The summed E-state index contributed by atoms with van der Waals surface area (Å²) in [5, 5.41) is 11.8. The van der Waals surface area contributed by atoms with Crippen molar-refractivity contribution in [1.29, 1.82) is 0 Å². The Morgan fingerprint density at radius 2 is 1.80 bits per heavy atom. The van der Waals surface area contributed by atoms with E-state index < -0.39 is 23.3 Å². The molecule has 7 aliphatic rings. The van der Waals surface area contributed by atoms with Gasteiger partial charge in [-0.25, -0.2) is 14.8 Å². The number of aromatic nitrogens is 2.